The Hall–Kier alpha value is -2.71. The highest BCUT2D eigenvalue weighted by Gasteiger charge is 2.66. The molecular formula is C23H26N4O4. The van der Waals surface area contributed by atoms with Crippen LogP contribution in [-0.2, 0) is 25.6 Å². The summed E-state index contributed by atoms with van der Waals surface area (Å²) >= 11 is 0. The first-order chi connectivity index (χ1) is 15.1. The molecule has 2 bridgehead atoms. The summed E-state index contributed by atoms with van der Waals surface area (Å²) in [5.74, 6) is -1.19. The summed E-state index contributed by atoms with van der Waals surface area (Å²) in [7, 11) is 0. The summed E-state index contributed by atoms with van der Waals surface area (Å²) in [4.78, 5) is 32.8. The molecule has 2 amide bonds. The van der Waals surface area contributed by atoms with E-state index in [0.29, 0.717) is 18.8 Å². The van der Waals surface area contributed by atoms with Crippen molar-refractivity contribution in [1.29, 1.82) is 0 Å². The van der Waals surface area contributed by atoms with Gasteiger partial charge in [0.25, 0.3) is 0 Å². The first kappa shape index (κ1) is 19.0. The molecule has 5 heterocycles. The first-order valence-electron chi connectivity index (χ1n) is 11.1. The van der Waals surface area contributed by atoms with Crippen molar-refractivity contribution >= 4 is 28.5 Å². The van der Waals surface area contributed by atoms with Crippen LogP contribution in [0.5, 0.6) is 0 Å². The summed E-state index contributed by atoms with van der Waals surface area (Å²) in [5, 5.41) is 3.01. The van der Waals surface area contributed by atoms with E-state index >= 15 is 0 Å². The predicted molar refractivity (Wildman–Crippen MR) is 113 cm³/mol. The number of carbonyl (C=O) groups excluding carboxylic acids is 2. The van der Waals surface area contributed by atoms with Gasteiger partial charge < -0.3 is 24.3 Å². The van der Waals surface area contributed by atoms with Gasteiger partial charge in [0.15, 0.2) is 0 Å². The number of ether oxygens (including phenoxy) is 2. The van der Waals surface area contributed by atoms with Crippen LogP contribution in [0.4, 0.5) is 5.69 Å². The summed E-state index contributed by atoms with van der Waals surface area (Å²) in [6.45, 7) is 4.73. The Bertz CT molecular complexity index is 1090. The van der Waals surface area contributed by atoms with Gasteiger partial charge in [-0.3, -0.25) is 9.59 Å². The van der Waals surface area contributed by atoms with Crippen LogP contribution >= 0.6 is 0 Å². The van der Waals surface area contributed by atoms with Gasteiger partial charge >= 0.3 is 0 Å². The molecule has 1 N–H and O–H groups in total. The third-order valence-electron chi connectivity index (χ3n) is 7.16. The zero-order valence-corrected chi connectivity index (χ0v) is 17.5. The molecule has 3 fully saturated rings. The standard InChI is InChI=1S/C23H26N4O4/c1-2-26-13-24-16-10-14(5-6-17(16)26)25-21(28)19-18-7-8-23(31-18)12-27(22(29)20(19)23)11-15-4-3-9-30-15/h5-8,10,13,15,18-20H,2-4,9,11-12H2,1H3,(H,25,28)/t15-,18+,19+,20+,23-/m0/s1. The minimum absolute atomic E-state index is 0.000332. The van der Waals surface area contributed by atoms with Gasteiger partial charge in [-0.2, -0.15) is 0 Å². The van der Waals surface area contributed by atoms with E-state index < -0.39 is 17.4 Å². The molecule has 1 aromatic carbocycles. The quantitative estimate of drug-likeness (QED) is 0.745. The van der Waals surface area contributed by atoms with Crippen molar-refractivity contribution in [3.63, 3.8) is 0 Å². The number of carbonyl (C=O) groups is 2. The normalized spacial score (nSPS) is 33.6. The van der Waals surface area contributed by atoms with Crippen LogP contribution in [0.15, 0.2) is 36.7 Å². The minimum atomic E-state index is -0.688. The maximum Gasteiger partial charge on any atom is 0.231 e. The van der Waals surface area contributed by atoms with Gasteiger partial charge in [0, 0.05) is 25.4 Å². The molecular weight excluding hydrogens is 396 g/mol. The zero-order valence-electron chi connectivity index (χ0n) is 17.5. The van der Waals surface area contributed by atoms with Gasteiger partial charge in [-0.25, -0.2) is 4.98 Å². The van der Waals surface area contributed by atoms with Crippen molar-refractivity contribution in [3.05, 3.63) is 36.7 Å². The van der Waals surface area contributed by atoms with E-state index in [2.05, 4.69) is 21.8 Å². The van der Waals surface area contributed by atoms with Crippen LogP contribution < -0.4 is 5.32 Å². The molecule has 0 radical (unpaired) electrons. The lowest BCUT2D eigenvalue weighted by Crippen LogP contribution is -2.42. The summed E-state index contributed by atoms with van der Waals surface area (Å²) in [6.07, 6.45) is 7.46. The van der Waals surface area contributed by atoms with Gasteiger partial charge in [0.1, 0.15) is 5.60 Å². The Morgan fingerprint density at radius 3 is 3.10 bits per heavy atom. The summed E-state index contributed by atoms with van der Waals surface area (Å²) in [5.41, 5.74) is 1.86. The van der Waals surface area contributed by atoms with Crippen molar-refractivity contribution in [2.45, 2.75) is 44.1 Å². The van der Waals surface area contributed by atoms with Crippen molar-refractivity contribution in [1.82, 2.24) is 14.5 Å². The molecule has 1 aromatic heterocycles. The molecule has 8 heteroatoms. The maximum atomic E-state index is 13.3. The second-order valence-electron chi connectivity index (χ2n) is 8.98. The number of anilines is 1. The van der Waals surface area contributed by atoms with Crippen molar-refractivity contribution in [3.8, 4) is 0 Å². The molecule has 162 valence electrons. The molecule has 8 nitrogen and oxygen atoms in total. The highest BCUT2D eigenvalue weighted by molar-refractivity contribution is 6.00. The van der Waals surface area contributed by atoms with E-state index in [1.54, 1.807) is 6.33 Å². The Morgan fingerprint density at radius 1 is 1.39 bits per heavy atom. The Kier molecular flexibility index (Phi) is 4.23. The molecule has 0 saturated carbocycles. The highest BCUT2D eigenvalue weighted by Crippen LogP contribution is 2.52. The number of aromatic nitrogens is 2. The Morgan fingerprint density at radius 2 is 2.29 bits per heavy atom. The molecule has 4 aliphatic heterocycles. The highest BCUT2D eigenvalue weighted by atomic mass is 16.5. The summed E-state index contributed by atoms with van der Waals surface area (Å²) < 4.78 is 14.0. The van der Waals surface area contributed by atoms with E-state index in [1.165, 1.54) is 0 Å². The lowest BCUT2D eigenvalue weighted by Gasteiger charge is -2.24. The van der Waals surface area contributed by atoms with Gasteiger partial charge in [-0.15, -0.1) is 0 Å². The number of nitrogens with one attached hydrogen (secondary N) is 1. The van der Waals surface area contributed by atoms with E-state index in [4.69, 9.17) is 9.47 Å². The number of likely N-dealkylation sites (tertiary alicyclic amines) is 1. The number of hydrogen-bond acceptors (Lipinski definition) is 5. The molecule has 4 aliphatic rings. The van der Waals surface area contributed by atoms with Crippen LogP contribution in [0.2, 0.25) is 0 Å². The lowest BCUT2D eigenvalue weighted by atomic mass is 9.77. The monoisotopic (exact) mass is 422 g/mol. The van der Waals surface area contributed by atoms with Crippen LogP contribution in [0.3, 0.4) is 0 Å². The Balaban J connectivity index is 1.22. The third kappa shape index (κ3) is 2.85. The topological polar surface area (TPSA) is 85.7 Å². The SMILES string of the molecule is CCn1cnc2cc(NC(=O)[C@@H]3[C@H]4C=C[C@@]5(CN(C[C@@H]6CCCO6)C(=O)[C@@H]35)O4)ccc21. The van der Waals surface area contributed by atoms with Gasteiger partial charge in [-0.05, 0) is 38.0 Å². The van der Waals surface area contributed by atoms with Gasteiger partial charge in [-0.1, -0.05) is 12.2 Å². The van der Waals surface area contributed by atoms with Crippen LogP contribution in [0.25, 0.3) is 11.0 Å². The minimum Gasteiger partial charge on any atom is -0.376 e. The average Bonchev–Trinajstić information content (AvgIpc) is 3.56. The van der Waals surface area contributed by atoms with E-state index in [-0.39, 0.29) is 24.0 Å². The number of fused-ring (bicyclic) bond motifs is 2. The second-order valence-corrected chi connectivity index (χ2v) is 8.98. The van der Waals surface area contributed by atoms with Crippen LogP contribution in [0, 0.1) is 11.8 Å². The van der Waals surface area contributed by atoms with Gasteiger partial charge in [0.05, 0.1) is 47.9 Å². The third-order valence-corrected chi connectivity index (χ3v) is 7.16. The van der Waals surface area contributed by atoms with Crippen LogP contribution in [0.1, 0.15) is 19.8 Å². The molecule has 6 rings (SSSR count). The fourth-order valence-corrected chi connectivity index (χ4v) is 5.69. The molecule has 5 atom stereocenters. The maximum absolute atomic E-state index is 13.3. The fraction of sp³-hybridized carbons (Fsp3) is 0.522. The van der Waals surface area contributed by atoms with E-state index in [0.717, 1.165) is 37.0 Å². The smallest absolute Gasteiger partial charge is 0.231 e. The number of rotatable bonds is 5. The van der Waals surface area contributed by atoms with Crippen molar-refractivity contribution < 1.29 is 19.1 Å². The number of imidazole rings is 1. The first-order valence-corrected chi connectivity index (χ1v) is 11.1. The van der Waals surface area contributed by atoms with Crippen molar-refractivity contribution in [2.24, 2.45) is 11.8 Å². The molecule has 0 aliphatic carbocycles. The van der Waals surface area contributed by atoms with Crippen molar-refractivity contribution in [2.75, 3.05) is 25.0 Å². The number of aryl methyl sites for hydroxylation is 1. The zero-order chi connectivity index (χ0) is 21.2. The van der Waals surface area contributed by atoms with E-state index in [1.807, 2.05) is 35.3 Å². The number of amides is 2. The molecule has 31 heavy (non-hydrogen) atoms. The number of benzene rings is 1. The Labute approximate surface area is 180 Å². The summed E-state index contributed by atoms with van der Waals surface area (Å²) in [6, 6.07) is 5.72. The van der Waals surface area contributed by atoms with Crippen LogP contribution in [-0.4, -0.2) is 63.8 Å². The number of nitrogens with zero attached hydrogens (tertiary/aromatic N) is 3. The second kappa shape index (κ2) is 6.90. The van der Waals surface area contributed by atoms with Gasteiger partial charge in [0.2, 0.25) is 11.8 Å². The molecule has 1 spiro atoms. The molecule has 3 saturated heterocycles. The number of hydrogen-bond donors (Lipinski definition) is 1. The lowest BCUT2D eigenvalue weighted by molar-refractivity contribution is -0.136. The predicted octanol–water partition coefficient (Wildman–Crippen LogP) is 1.96. The molecule has 2 aromatic rings. The largest absolute Gasteiger partial charge is 0.376 e. The van der Waals surface area contributed by atoms with E-state index in [9.17, 15) is 9.59 Å². The average molecular weight is 422 g/mol. The fourth-order valence-electron chi connectivity index (χ4n) is 5.69. The molecule has 0 unspecified atom stereocenters.